The zero-order chi connectivity index (χ0) is 20.8. The number of hydrogen-bond donors (Lipinski definition) is 0. The highest BCUT2D eigenvalue weighted by atomic mass is 35.5. The van der Waals surface area contributed by atoms with Crippen LogP contribution in [0.25, 0.3) is 16.9 Å². The molecule has 3 aromatic rings. The molecule has 4 nitrogen and oxygen atoms in total. The Balaban J connectivity index is 1.98. The molecule has 1 atom stereocenters. The van der Waals surface area contributed by atoms with Crippen LogP contribution in [0.1, 0.15) is 39.5 Å². The Morgan fingerprint density at radius 1 is 1.07 bits per heavy atom. The van der Waals surface area contributed by atoms with Crippen LogP contribution in [0.2, 0.25) is 10.0 Å². The first-order valence-corrected chi connectivity index (χ1v) is 10.6. The van der Waals surface area contributed by atoms with E-state index in [4.69, 9.17) is 27.9 Å². The van der Waals surface area contributed by atoms with Gasteiger partial charge < -0.3 is 4.74 Å². The average molecular weight is 431 g/mol. The molecule has 29 heavy (non-hydrogen) atoms. The number of unbranched alkanes of at least 4 members (excludes halogenated alkanes) is 1. The van der Waals surface area contributed by atoms with Crippen molar-refractivity contribution >= 4 is 29.2 Å². The molecule has 0 radical (unpaired) electrons. The second-order valence-electron chi connectivity index (χ2n) is 6.91. The second-order valence-corrected chi connectivity index (χ2v) is 7.73. The van der Waals surface area contributed by atoms with Crippen molar-refractivity contribution in [3.8, 4) is 22.8 Å². The fourth-order valence-corrected chi connectivity index (χ4v) is 3.41. The lowest BCUT2D eigenvalue weighted by molar-refractivity contribution is -0.139. The predicted molar refractivity (Wildman–Crippen MR) is 118 cm³/mol. The molecular weight excluding hydrogens is 407 g/mol. The normalized spacial score (nSPS) is 12.0. The lowest BCUT2D eigenvalue weighted by Gasteiger charge is -2.14. The Bertz CT molecular complexity index is 970. The minimum atomic E-state index is -0.234. The molecule has 152 valence electrons. The lowest BCUT2D eigenvalue weighted by Crippen LogP contribution is -2.21. The van der Waals surface area contributed by atoms with E-state index >= 15 is 0 Å². The molecule has 0 N–H and O–H groups in total. The van der Waals surface area contributed by atoms with Crippen LogP contribution in [0.5, 0.6) is 5.88 Å². The van der Waals surface area contributed by atoms with Gasteiger partial charge in [0.1, 0.15) is 0 Å². The molecule has 0 aliphatic rings. The van der Waals surface area contributed by atoms with Crippen molar-refractivity contribution in [2.45, 2.75) is 39.5 Å². The largest absolute Gasteiger partial charge is 0.407 e. The number of hydrogen-bond acceptors (Lipinski definition) is 3. The highest BCUT2D eigenvalue weighted by Crippen LogP contribution is 2.30. The van der Waals surface area contributed by atoms with Crippen LogP contribution in [0.15, 0.2) is 54.6 Å². The first-order valence-electron chi connectivity index (χ1n) is 9.86. The van der Waals surface area contributed by atoms with Crippen molar-refractivity contribution in [1.82, 2.24) is 9.78 Å². The van der Waals surface area contributed by atoms with Crippen LogP contribution in [0.4, 0.5) is 0 Å². The quantitative estimate of drug-likeness (QED) is 0.362. The van der Waals surface area contributed by atoms with E-state index in [0.29, 0.717) is 27.3 Å². The van der Waals surface area contributed by atoms with Gasteiger partial charge in [0.2, 0.25) is 5.88 Å². The highest BCUT2D eigenvalue weighted by molar-refractivity contribution is 6.42. The molecule has 0 amide bonds. The van der Waals surface area contributed by atoms with Gasteiger partial charge in [0.15, 0.2) is 0 Å². The Kier molecular flexibility index (Phi) is 7.34. The number of benzene rings is 2. The third kappa shape index (κ3) is 5.20. The summed E-state index contributed by atoms with van der Waals surface area (Å²) in [5.74, 6) is -0.00348. The molecule has 1 heterocycles. The molecule has 2 aromatic carbocycles. The number of nitrogens with zero attached hydrogens (tertiary/aromatic N) is 2. The summed E-state index contributed by atoms with van der Waals surface area (Å²) in [7, 11) is 0. The molecule has 0 fully saturated rings. The summed E-state index contributed by atoms with van der Waals surface area (Å²) >= 11 is 12.3. The topological polar surface area (TPSA) is 44.1 Å². The molecule has 0 saturated heterocycles. The fraction of sp³-hybridized carbons (Fsp3) is 0.304. The van der Waals surface area contributed by atoms with Crippen LogP contribution in [-0.4, -0.2) is 15.7 Å². The van der Waals surface area contributed by atoms with Crippen LogP contribution in [0.3, 0.4) is 0 Å². The molecule has 0 aliphatic heterocycles. The monoisotopic (exact) mass is 430 g/mol. The first-order chi connectivity index (χ1) is 14.0. The number of carbonyl (C=O) groups excluding carboxylic acids is 1. The zero-order valence-electron chi connectivity index (χ0n) is 16.6. The number of carbonyl (C=O) groups is 1. The van der Waals surface area contributed by atoms with Crippen LogP contribution in [-0.2, 0) is 4.79 Å². The number of aromatic nitrogens is 2. The fourth-order valence-electron chi connectivity index (χ4n) is 3.11. The molecule has 1 aromatic heterocycles. The summed E-state index contributed by atoms with van der Waals surface area (Å²) in [4.78, 5) is 12.8. The minimum Gasteiger partial charge on any atom is -0.407 e. The Morgan fingerprint density at radius 2 is 1.83 bits per heavy atom. The molecule has 0 bridgehead atoms. The lowest BCUT2D eigenvalue weighted by atomic mass is 10.00. The van der Waals surface area contributed by atoms with Gasteiger partial charge in [-0.3, -0.25) is 4.79 Å². The van der Waals surface area contributed by atoms with Crippen molar-refractivity contribution < 1.29 is 9.53 Å². The number of rotatable bonds is 8. The second kappa shape index (κ2) is 9.95. The van der Waals surface area contributed by atoms with Crippen LogP contribution in [0, 0.1) is 5.92 Å². The number of halogens is 2. The van der Waals surface area contributed by atoms with Gasteiger partial charge in [0.05, 0.1) is 27.3 Å². The Morgan fingerprint density at radius 3 is 2.48 bits per heavy atom. The van der Waals surface area contributed by atoms with E-state index in [0.717, 1.165) is 31.2 Å². The maximum absolute atomic E-state index is 12.8. The summed E-state index contributed by atoms with van der Waals surface area (Å²) in [5, 5.41) is 5.52. The van der Waals surface area contributed by atoms with E-state index < -0.39 is 0 Å². The molecule has 0 saturated carbocycles. The molecule has 0 spiro atoms. The summed E-state index contributed by atoms with van der Waals surface area (Å²) < 4.78 is 7.40. The van der Waals surface area contributed by atoms with Crippen molar-refractivity contribution in [3.05, 3.63) is 64.6 Å². The molecule has 6 heteroatoms. The van der Waals surface area contributed by atoms with Crippen molar-refractivity contribution in [2.24, 2.45) is 5.92 Å². The van der Waals surface area contributed by atoms with E-state index in [2.05, 4.69) is 12.0 Å². The van der Waals surface area contributed by atoms with Crippen molar-refractivity contribution in [2.75, 3.05) is 0 Å². The Labute approximate surface area is 181 Å². The van der Waals surface area contributed by atoms with E-state index in [-0.39, 0.29) is 11.9 Å². The van der Waals surface area contributed by atoms with Crippen molar-refractivity contribution in [3.63, 3.8) is 0 Å². The van der Waals surface area contributed by atoms with Gasteiger partial charge in [-0.1, -0.05) is 80.2 Å². The maximum Gasteiger partial charge on any atom is 0.315 e. The van der Waals surface area contributed by atoms with Gasteiger partial charge in [0.25, 0.3) is 0 Å². The Hall–Kier alpha value is -2.30. The van der Waals surface area contributed by atoms with Gasteiger partial charge in [-0.25, -0.2) is 0 Å². The summed E-state index contributed by atoms with van der Waals surface area (Å²) in [6.45, 7) is 4.12. The molecule has 3 rings (SSSR count). The van der Waals surface area contributed by atoms with E-state index in [1.165, 1.54) is 0 Å². The van der Waals surface area contributed by atoms with E-state index in [1.54, 1.807) is 28.9 Å². The van der Waals surface area contributed by atoms with E-state index in [1.807, 2.05) is 37.3 Å². The molecule has 1 unspecified atom stereocenters. The first kappa shape index (κ1) is 21.4. The summed E-state index contributed by atoms with van der Waals surface area (Å²) in [5.41, 5.74) is 2.31. The minimum absolute atomic E-state index is 0.132. The van der Waals surface area contributed by atoms with Crippen LogP contribution < -0.4 is 4.74 Å². The van der Waals surface area contributed by atoms with Gasteiger partial charge in [-0.05, 0) is 31.0 Å². The predicted octanol–water partition coefficient (Wildman–Crippen LogP) is 6.97. The smallest absolute Gasteiger partial charge is 0.315 e. The van der Waals surface area contributed by atoms with Gasteiger partial charge in [-0.2, -0.15) is 9.78 Å². The van der Waals surface area contributed by atoms with Gasteiger partial charge >= 0.3 is 5.97 Å². The zero-order valence-corrected chi connectivity index (χ0v) is 18.1. The molecule has 0 aliphatic carbocycles. The SMILES string of the molecule is CCCCC(CC)C(=O)Oc1cc(-c2ccccc2)nn1-c1ccc(Cl)c(Cl)c1. The van der Waals surface area contributed by atoms with Gasteiger partial charge in [0, 0.05) is 11.6 Å². The highest BCUT2D eigenvalue weighted by Gasteiger charge is 2.22. The standard InChI is InChI=1S/C23H24Cl2N2O2/c1-3-5-9-16(4-2)23(28)29-22-15-21(17-10-7-6-8-11-17)26-27(22)18-12-13-19(24)20(25)14-18/h6-8,10-16H,3-5,9H2,1-2H3. The van der Waals surface area contributed by atoms with Crippen molar-refractivity contribution in [1.29, 1.82) is 0 Å². The molecular formula is C23H24Cl2N2O2. The van der Waals surface area contributed by atoms with Crippen LogP contribution >= 0.6 is 23.2 Å². The summed E-state index contributed by atoms with van der Waals surface area (Å²) in [6, 6.07) is 16.7. The summed E-state index contributed by atoms with van der Waals surface area (Å²) in [6.07, 6.45) is 3.60. The third-order valence-corrected chi connectivity index (χ3v) is 5.57. The van der Waals surface area contributed by atoms with E-state index in [9.17, 15) is 4.79 Å². The average Bonchev–Trinajstić information content (AvgIpc) is 3.15. The third-order valence-electron chi connectivity index (χ3n) is 4.83. The van der Waals surface area contributed by atoms with Gasteiger partial charge in [-0.15, -0.1) is 0 Å². The number of ether oxygens (including phenoxy) is 1. The number of esters is 1. The maximum atomic E-state index is 12.8.